The number of hydrogen-bond donors (Lipinski definition) is 1. The lowest BCUT2D eigenvalue weighted by molar-refractivity contribution is -0.118. The lowest BCUT2D eigenvalue weighted by Gasteiger charge is -2.13. The van der Waals surface area contributed by atoms with Gasteiger partial charge in [0.1, 0.15) is 11.0 Å². The molecule has 0 saturated heterocycles. The van der Waals surface area contributed by atoms with Crippen LogP contribution in [0.5, 0.6) is 0 Å². The van der Waals surface area contributed by atoms with Gasteiger partial charge < -0.3 is 4.57 Å². The maximum atomic E-state index is 12.2. The summed E-state index contributed by atoms with van der Waals surface area (Å²) in [5.41, 5.74) is 1.81. The molecule has 3 rings (SSSR count). The Kier molecular flexibility index (Phi) is 3.19. The van der Waals surface area contributed by atoms with Gasteiger partial charge in [0.15, 0.2) is 0 Å². The summed E-state index contributed by atoms with van der Waals surface area (Å²) in [6, 6.07) is 7.35. The highest BCUT2D eigenvalue weighted by Crippen LogP contribution is 2.20. The SMILES string of the molecule is Cc1nnc(NC(=O)C(C)n2cnc3ccccc32)s1. The molecule has 6 nitrogen and oxygen atoms in total. The molecule has 0 fully saturated rings. The van der Waals surface area contributed by atoms with Crippen LogP contribution < -0.4 is 5.32 Å². The van der Waals surface area contributed by atoms with Crippen molar-refractivity contribution in [2.24, 2.45) is 0 Å². The number of hydrogen-bond acceptors (Lipinski definition) is 5. The summed E-state index contributed by atoms with van der Waals surface area (Å²) in [5.74, 6) is -0.135. The Balaban J connectivity index is 1.84. The average molecular weight is 287 g/mol. The molecule has 102 valence electrons. The van der Waals surface area contributed by atoms with E-state index in [1.54, 1.807) is 6.33 Å². The standard InChI is InChI=1S/C13H13N5OS/c1-8(12(19)15-13-17-16-9(2)20-13)18-7-14-10-5-3-4-6-11(10)18/h3-8H,1-2H3,(H,15,17,19). The zero-order chi connectivity index (χ0) is 14.1. The minimum Gasteiger partial charge on any atom is -0.318 e. The summed E-state index contributed by atoms with van der Waals surface area (Å²) >= 11 is 1.36. The summed E-state index contributed by atoms with van der Waals surface area (Å²) in [4.78, 5) is 16.5. The first-order valence-corrected chi connectivity index (χ1v) is 6.99. The molecule has 2 heterocycles. The van der Waals surface area contributed by atoms with Crippen LogP contribution in [-0.2, 0) is 4.79 Å². The molecule has 20 heavy (non-hydrogen) atoms. The van der Waals surface area contributed by atoms with Crippen LogP contribution >= 0.6 is 11.3 Å². The summed E-state index contributed by atoms with van der Waals surface area (Å²) < 4.78 is 1.85. The fourth-order valence-electron chi connectivity index (χ4n) is 1.97. The minimum absolute atomic E-state index is 0.135. The first-order chi connectivity index (χ1) is 9.65. The lowest BCUT2D eigenvalue weighted by atomic mass is 10.2. The number of carbonyl (C=O) groups is 1. The number of nitrogens with zero attached hydrogens (tertiary/aromatic N) is 4. The van der Waals surface area contributed by atoms with Crippen molar-refractivity contribution < 1.29 is 4.79 Å². The molecule has 0 aliphatic carbocycles. The third-order valence-electron chi connectivity index (χ3n) is 3.03. The number of benzene rings is 1. The van der Waals surface area contributed by atoms with Crippen LogP contribution in [0.1, 0.15) is 18.0 Å². The number of para-hydroxylation sites is 2. The van der Waals surface area contributed by atoms with Gasteiger partial charge in [-0.05, 0) is 26.0 Å². The molecule has 7 heteroatoms. The molecular formula is C13H13N5OS. The van der Waals surface area contributed by atoms with Gasteiger partial charge in [-0.1, -0.05) is 23.5 Å². The zero-order valence-electron chi connectivity index (χ0n) is 11.1. The molecule has 0 saturated carbocycles. The van der Waals surface area contributed by atoms with Gasteiger partial charge in [0.25, 0.3) is 0 Å². The Bertz CT molecular complexity index is 763. The quantitative estimate of drug-likeness (QED) is 0.802. The largest absolute Gasteiger partial charge is 0.318 e. The second-order valence-electron chi connectivity index (χ2n) is 4.43. The van der Waals surface area contributed by atoms with E-state index in [1.165, 1.54) is 11.3 Å². The lowest BCUT2D eigenvalue weighted by Crippen LogP contribution is -2.23. The van der Waals surface area contributed by atoms with Crippen LogP contribution in [0.15, 0.2) is 30.6 Å². The Morgan fingerprint density at radius 3 is 2.90 bits per heavy atom. The Labute approximate surface area is 119 Å². The van der Waals surface area contributed by atoms with Gasteiger partial charge in [0, 0.05) is 0 Å². The van der Waals surface area contributed by atoms with Crippen LogP contribution in [0.3, 0.4) is 0 Å². The van der Waals surface area contributed by atoms with E-state index in [9.17, 15) is 4.79 Å². The second kappa shape index (κ2) is 5.01. The van der Waals surface area contributed by atoms with Crippen molar-refractivity contribution in [3.05, 3.63) is 35.6 Å². The second-order valence-corrected chi connectivity index (χ2v) is 5.61. The maximum Gasteiger partial charge on any atom is 0.249 e. The molecule has 1 N–H and O–H groups in total. The van der Waals surface area contributed by atoms with Gasteiger partial charge in [-0.15, -0.1) is 10.2 Å². The van der Waals surface area contributed by atoms with Crippen LogP contribution in [-0.4, -0.2) is 25.7 Å². The van der Waals surface area contributed by atoms with Crippen molar-refractivity contribution in [2.75, 3.05) is 5.32 Å². The van der Waals surface area contributed by atoms with Gasteiger partial charge in [-0.25, -0.2) is 4.98 Å². The Morgan fingerprint density at radius 1 is 1.35 bits per heavy atom. The average Bonchev–Trinajstić information content (AvgIpc) is 3.04. The highest BCUT2D eigenvalue weighted by Gasteiger charge is 2.18. The van der Waals surface area contributed by atoms with Crippen molar-refractivity contribution in [1.29, 1.82) is 0 Å². The smallest absolute Gasteiger partial charge is 0.249 e. The molecule has 1 unspecified atom stereocenters. The third kappa shape index (κ3) is 2.27. The van der Waals surface area contributed by atoms with Gasteiger partial charge in [0.2, 0.25) is 11.0 Å². The normalized spacial score (nSPS) is 12.5. The van der Waals surface area contributed by atoms with E-state index in [0.717, 1.165) is 16.0 Å². The molecule has 0 spiro atoms. The van der Waals surface area contributed by atoms with E-state index >= 15 is 0 Å². The van der Waals surface area contributed by atoms with Crippen molar-refractivity contribution in [2.45, 2.75) is 19.9 Å². The van der Waals surface area contributed by atoms with E-state index < -0.39 is 0 Å². The number of anilines is 1. The summed E-state index contributed by atoms with van der Waals surface area (Å²) in [6.07, 6.45) is 1.68. The predicted octanol–water partition coefficient (Wildman–Crippen LogP) is 2.40. The van der Waals surface area contributed by atoms with Crippen LogP contribution in [0.4, 0.5) is 5.13 Å². The van der Waals surface area contributed by atoms with E-state index in [-0.39, 0.29) is 11.9 Å². The number of carbonyl (C=O) groups excluding carboxylic acids is 1. The molecule has 1 aromatic carbocycles. The molecule has 0 bridgehead atoms. The van der Waals surface area contributed by atoms with E-state index in [0.29, 0.717) is 5.13 Å². The zero-order valence-corrected chi connectivity index (χ0v) is 11.9. The van der Waals surface area contributed by atoms with Crippen molar-refractivity contribution >= 4 is 33.4 Å². The van der Waals surface area contributed by atoms with Crippen molar-refractivity contribution in [3.63, 3.8) is 0 Å². The van der Waals surface area contributed by atoms with Crippen molar-refractivity contribution in [3.8, 4) is 0 Å². The fourth-order valence-corrected chi connectivity index (χ4v) is 2.56. The summed E-state index contributed by atoms with van der Waals surface area (Å²) in [6.45, 7) is 3.68. The molecule has 0 aliphatic rings. The molecular weight excluding hydrogens is 274 g/mol. The number of fused-ring (bicyclic) bond motifs is 1. The van der Waals surface area contributed by atoms with Gasteiger partial charge in [-0.2, -0.15) is 0 Å². The molecule has 1 amide bonds. The number of nitrogens with one attached hydrogen (secondary N) is 1. The molecule has 0 aliphatic heterocycles. The third-order valence-corrected chi connectivity index (χ3v) is 3.79. The van der Waals surface area contributed by atoms with E-state index in [2.05, 4.69) is 20.5 Å². The Morgan fingerprint density at radius 2 is 2.15 bits per heavy atom. The number of imidazole rings is 1. The van der Waals surface area contributed by atoms with E-state index in [4.69, 9.17) is 0 Å². The fraction of sp³-hybridized carbons (Fsp3) is 0.231. The van der Waals surface area contributed by atoms with E-state index in [1.807, 2.05) is 42.7 Å². The van der Waals surface area contributed by atoms with Gasteiger partial charge in [0.05, 0.1) is 17.4 Å². The monoisotopic (exact) mass is 287 g/mol. The number of aromatic nitrogens is 4. The molecule has 0 radical (unpaired) electrons. The Hall–Kier alpha value is -2.28. The van der Waals surface area contributed by atoms with Crippen LogP contribution in [0, 0.1) is 6.92 Å². The van der Waals surface area contributed by atoms with Gasteiger partial charge in [-0.3, -0.25) is 10.1 Å². The topological polar surface area (TPSA) is 72.7 Å². The molecule has 2 aromatic heterocycles. The first-order valence-electron chi connectivity index (χ1n) is 6.17. The highest BCUT2D eigenvalue weighted by atomic mass is 32.1. The van der Waals surface area contributed by atoms with Gasteiger partial charge >= 0.3 is 0 Å². The minimum atomic E-state index is -0.369. The summed E-state index contributed by atoms with van der Waals surface area (Å²) in [7, 11) is 0. The first kappa shape index (κ1) is 12.7. The van der Waals surface area contributed by atoms with Crippen molar-refractivity contribution in [1.82, 2.24) is 19.7 Å². The predicted molar refractivity (Wildman–Crippen MR) is 77.7 cm³/mol. The summed E-state index contributed by atoms with van der Waals surface area (Å²) in [5, 5.41) is 11.9. The number of amides is 1. The number of rotatable bonds is 3. The molecule has 3 aromatic rings. The number of aryl methyl sites for hydroxylation is 1. The maximum absolute atomic E-state index is 12.2. The van der Waals surface area contributed by atoms with Crippen LogP contribution in [0.25, 0.3) is 11.0 Å². The molecule has 1 atom stereocenters. The highest BCUT2D eigenvalue weighted by molar-refractivity contribution is 7.15. The van der Waals surface area contributed by atoms with Crippen LogP contribution in [0.2, 0.25) is 0 Å².